The van der Waals surface area contributed by atoms with E-state index in [4.69, 9.17) is 5.11 Å². The van der Waals surface area contributed by atoms with Crippen molar-refractivity contribution in [2.45, 2.75) is 13.1 Å². The van der Waals surface area contributed by atoms with Gasteiger partial charge < -0.3 is 10.0 Å². The minimum atomic E-state index is 0.0185. The second-order valence-electron chi connectivity index (χ2n) is 6.01. The molecule has 0 saturated heterocycles. The molecule has 1 N–H and O–H groups in total. The van der Waals surface area contributed by atoms with Gasteiger partial charge in [-0.05, 0) is 12.1 Å². The number of aromatic nitrogens is 6. The highest BCUT2D eigenvalue weighted by Crippen LogP contribution is 2.23. The molecule has 4 aromatic rings. The number of aliphatic hydroxyl groups excluding tert-OH is 1. The van der Waals surface area contributed by atoms with E-state index in [1.165, 1.54) is 6.33 Å². The highest BCUT2D eigenvalue weighted by atomic mass is 16.3. The lowest BCUT2D eigenvalue weighted by Crippen LogP contribution is -2.18. The van der Waals surface area contributed by atoms with E-state index in [9.17, 15) is 0 Å². The largest absolute Gasteiger partial charge is 0.394 e. The fourth-order valence-corrected chi connectivity index (χ4v) is 2.96. The summed E-state index contributed by atoms with van der Waals surface area (Å²) >= 11 is 0. The maximum atomic E-state index is 9.14. The molecule has 0 aliphatic rings. The molecule has 3 heterocycles. The third kappa shape index (κ3) is 3.02. The summed E-state index contributed by atoms with van der Waals surface area (Å²) in [5, 5.41) is 18.7. The molecular formula is C18H19N7O. The molecule has 3 aromatic heterocycles. The van der Waals surface area contributed by atoms with E-state index in [0.29, 0.717) is 13.1 Å². The van der Waals surface area contributed by atoms with Gasteiger partial charge in [0.15, 0.2) is 5.65 Å². The van der Waals surface area contributed by atoms with Crippen LogP contribution < -0.4 is 4.90 Å². The molecular weight excluding hydrogens is 330 g/mol. The van der Waals surface area contributed by atoms with Crippen molar-refractivity contribution in [3.63, 3.8) is 0 Å². The number of nitrogens with zero attached hydrogens (tertiary/aromatic N) is 7. The van der Waals surface area contributed by atoms with Crippen molar-refractivity contribution >= 4 is 16.9 Å². The Morgan fingerprint density at radius 1 is 1.08 bits per heavy atom. The fraction of sp³-hybridized carbons (Fsp3) is 0.222. The number of fused-ring (bicyclic) bond motifs is 1. The van der Waals surface area contributed by atoms with Gasteiger partial charge in [0.05, 0.1) is 36.6 Å². The van der Waals surface area contributed by atoms with E-state index in [1.807, 2.05) is 59.4 Å². The van der Waals surface area contributed by atoms with E-state index in [0.717, 1.165) is 28.1 Å². The summed E-state index contributed by atoms with van der Waals surface area (Å²) in [7, 11) is 1.98. The minimum absolute atomic E-state index is 0.0185. The van der Waals surface area contributed by atoms with Gasteiger partial charge in [-0.1, -0.05) is 18.2 Å². The summed E-state index contributed by atoms with van der Waals surface area (Å²) < 4.78 is 3.54. The molecule has 0 aliphatic heterocycles. The third-order valence-electron chi connectivity index (χ3n) is 4.16. The van der Waals surface area contributed by atoms with E-state index < -0.39 is 0 Å². The number of hydrogen-bond donors (Lipinski definition) is 1. The van der Waals surface area contributed by atoms with E-state index in [2.05, 4.69) is 20.2 Å². The zero-order valence-electron chi connectivity index (χ0n) is 14.4. The molecule has 0 radical (unpaired) electrons. The first-order valence-electron chi connectivity index (χ1n) is 8.34. The van der Waals surface area contributed by atoms with E-state index in [1.54, 1.807) is 10.9 Å². The predicted molar refractivity (Wildman–Crippen MR) is 98.1 cm³/mol. The molecule has 4 rings (SSSR count). The zero-order valence-corrected chi connectivity index (χ0v) is 14.4. The molecule has 0 unspecified atom stereocenters. The number of para-hydroxylation sites is 1. The second kappa shape index (κ2) is 6.93. The van der Waals surface area contributed by atoms with Crippen molar-refractivity contribution in [1.82, 2.24) is 29.5 Å². The molecule has 0 fully saturated rings. The van der Waals surface area contributed by atoms with E-state index in [-0.39, 0.29) is 6.61 Å². The quantitative estimate of drug-likeness (QED) is 0.570. The number of aliphatic hydroxyl groups is 1. The summed E-state index contributed by atoms with van der Waals surface area (Å²) in [5.41, 5.74) is 2.82. The second-order valence-corrected chi connectivity index (χ2v) is 6.01. The Bertz CT molecular complexity index is 1010. The average molecular weight is 349 g/mol. The van der Waals surface area contributed by atoms with Crippen molar-refractivity contribution in [2.24, 2.45) is 0 Å². The molecule has 8 nitrogen and oxygen atoms in total. The van der Waals surface area contributed by atoms with Gasteiger partial charge in [-0.25, -0.2) is 19.3 Å². The summed E-state index contributed by atoms with van der Waals surface area (Å²) in [4.78, 5) is 10.7. The summed E-state index contributed by atoms with van der Waals surface area (Å²) in [6, 6.07) is 10.0. The molecule has 0 atom stereocenters. The Labute approximate surface area is 150 Å². The Kier molecular flexibility index (Phi) is 4.32. The molecule has 0 aliphatic carbocycles. The zero-order chi connectivity index (χ0) is 17.9. The minimum Gasteiger partial charge on any atom is -0.394 e. The third-order valence-corrected chi connectivity index (χ3v) is 4.16. The van der Waals surface area contributed by atoms with Gasteiger partial charge in [0.25, 0.3) is 0 Å². The Morgan fingerprint density at radius 3 is 2.73 bits per heavy atom. The molecule has 8 heteroatoms. The van der Waals surface area contributed by atoms with Gasteiger partial charge in [-0.15, -0.1) is 0 Å². The topological polar surface area (TPSA) is 84.9 Å². The Morgan fingerprint density at radius 2 is 1.92 bits per heavy atom. The van der Waals surface area contributed by atoms with Crippen molar-refractivity contribution in [3.8, 4) is 5.69 Å². The highest BCUT2D eigenvalue weighted by molar-refractivity contribution is 5.86. The average Bonchev–Trinajstić information content (AvgIpc) is 3.30. The maximum absolute atomic E-state index is 9.14. The van der Waals surface area contributed by atoms with Crippen LogP contribution >= 0.6 is 0 Å². The number of rotatable bonds is 6. The molecule has 0 bridgehead atoms. The van der Waals surface area contributed by atoms with E-state index >= 15 is 0 Å². The maximum Gasteiger partial charge on any atom is 0.163 e. The van der Waals surface area contributed by atoms with Crippen LogP contribution in [0, 0.1) is 0 Å². The first kappa shape index (κ1) is 16.2. The van der Waals surface area contributed by atoms with Crippen LogP contribution in [0.4, 0.5) is 5.82 Å². The van der Waals surface area contributed by atoms with Crippen LogP contribution in [0.5, 0.6) is 0 Å². The SMILES string of the molecule is CN(Cc1cnn(-c2ccccc2)c1)c1ncnc2c1cnn2CCO. The summed E-state index contributed by atoms with van der Waals surface area (Å²) in [6.45, 7) is 1.09. The monoisotopic (exact) mass is 349 g/mol. The van der Waals surface area contributed by atoms with Crippen LogP contribution in [-0.2, 0) is 13.1 Å². The smallest absolute Gasteiger partial charge is 0.163 e. The van der Waals surface area contributed by atoms with Crippen LogP contribution in [-0.4, -0.2) is 48.3 Å². The predicted octanol–water partition coefficient (Wildman–Crippen LogP) is 1.64. The van der Waals surface area contributed by atoms with Crippen LogP contribution in [0.3, 0.4) is 0 Å². The first-order valence-corrected chi connectivity index (χ1v) is 8.34. The van der Waals surface area contributed by atoms with Crippen molar-refractivity contribution in [2.75, 3.05) is 18.6 Å². The standard InChI is InChI=1S/C18H19N7O/c1-23(11-14-9-21-25(12-14)15-5-3-2-4-6-15)17-16-10-22-24(7-8-26)18(16)20-13-19-17/h2-6,9-10,12-13,26H,7-8,11H2,1H3. The Balaban J connectivity index is 1.58. The fourth-order valence-electron chi connectivity index (χ4n) is 2.96. The molecule has 0 saturated carbocycles. The van der Waals surface area contributed by atoms with Crippen LogP contribution in [0.25, 0.3) is 16.7 Å². The van der Waals surface area contributed by atoms with Crippen LogP contribution in [0.1, 0.15) is 5.56 Å². The molecule has 0 spiro atoms. The molecule has 26 heavy (non-hydrogen) atoms. The van der Waals surface area contributed by atoms with Crippen molar-refractivity contribution in [3.05, 3.63) is 60.8 Å². The lowest BCUT2D eigenvalue weighted by Gasteiger charge is -2.17. The van der Waals surface area contributed by atoms with Gasteiger partial charge in [0.2, 0.25) is 0 Å². The molecule has 1 aromatic carbocycles. The van der Waals surface area contributed by atoms with Gasteiger partial charge in [-0.3, -0.25) is 0 Å². The van der Waals surface area contributed by atoms with Crippen molar-refractivity contribution < 1.29 is 5.11 Å². The van der Waals surface area contributed by atoms with Gasteiger partial charge in [-0.2, -0.15) is 10.2 Å². The normalized spacial score (nSPS) is 11.2. The van der Waals surface area contributed by atoms with Crippen LogP contribution in [0.15, 0.2) is 55.2 Å². The lowest BCUT2D eigenvalue weighted by molar-refractivity contribution is 0.271. The number of anilines is 1. The lowest BCUT2D eigenvalue weighted by atomic mass is 10.3. The number of benzene rings is 1. The van der Waals surface area contributed by atoms with Gasteiger partial charge >= 0.3 is 0 Å². The highest BCUT2D eigenvalue weighted by Gasteiger charge is 2.14. The molecule has 0 amide bonds. The number of hydrogen-bond acceptors (Lipinski definition) is 6. The van der Waals surface area contributed by atoms with Gasteiger partial charge in [0, 0.05) is 25.4 Å². The summed E-state index contributed by atoms with van der Waals surface area (Å²) in [5.74, 6) is 0.798. The van der Waals surface area contributed by atoms with Crippen LogP contribution in [0.2, 0.25) is 0 Å². The molecule has 132 valence electrons. The van der Waals surface area contributed by atoms with Gasteiger partial charge in [0.1, 0.15) is 12.1 Å². The first-order chi connectivity index (χ1) is 12.8. The Hall–Kier alpha value is -3.26. The van der Waals surface area contributed by atoms with Crippen molar-refractivity contribution in [1.29, 1.82) is 0 Å². The summed E-state index contributed by atoms with van der Waals surface area (Å²) in [6.07, 6.45) is 7.14.